The van der Waals surface area contributed by atoms with Gasteiger partial charge in [0.25, 0.3) is 0 Å². The van der Waals surface area contributed by atoms with E-state index in [9.17, 15) is 8.42 Å². The minimum absolute atomic E-state index is 0.347. The minimum atomic E-state index is -3.13. The normalized spacial score (nSPS) is 11.7. The van der Waals surface area contributed by atoms with Crippen LogP contribution in [-0.4, -0.2) is 37.8 Å². The summed E-state index contributed by atoms with van der Waals surface area (Å²) in [6.45, 7) is 1.75. The Morgan fingerprint density at radius 3 is 2.55 bits per heavy atom. The van der Waals surface area contributed by atoms with Crippen molar-refractivity contribution in [3.63, 3.8) is 0 Å². The second-order valence-corrected chi connectivity index (χ2v) is 6.75. The first-order valence-corrected chi connectivity index (χ1v) is 8.33. The summed E-state index contributed by atoms with van der Waals surface area (Å²) in [6.07, 6.45) is 5.65. The second kappa shape index (κ2) is 6.19. The molecule has 6 heteroatoms. The first kappa shape index (κ1) is 14.7. The molecule has 5 nitrogen and oxygen atoms in total. The Hall–Kier alpha value is -1.66. The second-order valence-electron chi connectivity index (χ2n) is 4.73. The topological polar surface area (TPSA) is 64.0 Å². The Balaban J connectivity index is 2.12. The molecule has 0 saturated heterocycles. The zero-order valence-electron chi connectivity index (χ0n) is 11.7. The Bertz CT molecular complexity index is 660. The van der Waals surface area contributed by atoms with Crippen LogP contribution in [0.15, 0.2) is 41.6 Å². The molecule has 1 aromatic heterocycles. The molecule has 0 fully saturated rings. The van der Waals surface area contributed by atoms with Crippen LogP contribution in [0, 0.1) is 0 Å². The molecule has 0 bridgehead atoms. The van der Waals surface area contributed by atoms with Crippen LogP contribution in [0.3, 0.4) is 0 Å². The molecule has 108 valence electrons. The van der Waals surface area contributed by atoms with E-state index >= 15 is 0 Å². The van der Waals surface area contributed by atoms with Gasteiger partial charge in [-0.15, -0.1) is 0 Å². The van der Waals surface area contributed by atoms with Crippen LogP contribution in [0.25, 0.3) is 0 Å². The molecular weight excluding hydrogens is 274 g/mol. The van der Waals surface area contributed by atoms with E-state index in [1.807, 2.05) is 25.4 Å². The molecule has 0 spiro atoms. The quantitative estimate of drug-likeness (QED) is 0.866. The average Bonchev–Trinajstić information content (AvgIpc) is 2.83. The molecule has 0 unspecified atom stereocenters. The third-order valence-corrected chi connectivity index (χ3v) is 4.25. The molecule has 1 aromatic carbocycles. The van der Waals surface area contributed by atoms with Crippen LogP contribution in [0.2, 0.25) is 0 Å². The maximum atomic E-state index is 11.4. The fourth-order valence-corrected chi connectivity index (χ4v) is 2.61. The Labute approximate surface area is 119 Å². The van der Waals surface area contributed by atoms with E-state index in [1.54, 1.807) is 18.3 Å². The Kier molecular flexibility index (Phi) is 4.57. The first-order chi connectivity index (χ1) is 9.50. The van der Waals surface area contributed by atoms with Gasteiger partial charge in [0, 0.05) is 38.2 Å². The molecule has 2 rings (SSSR count). The maximum Gasteiger partial charge on any atom is 0.175 e. The highest BCUT2D eigenvalue weighted by Gasteiger charge is 2.08. The van der Waals surface area contributed by atoms with Crippen molar-refractivity contribution in [2.24, 2.45) is 0 Å². The molecule has 0 aliphatic heterocycles. The number of nitrogens with one attached hydrogen (secondary N) is 1. The number of imidazole rings is 1. The number of aromatic nitrogens is 2. The van der Waals surface area contributed by atoms with E-state index in [-0.39, 0.29) is 0 Å². The van der Waals surface area contributed by atoms with Crippen molar-refractivity contribution < 1.29 is 8.42 Å². The standard InChI is InChI=1S/C14H19N3O2S/c1-15-7-9-17-10-8-16-14(17)11-12-3-5-13(6-4-12)20(2,18)19/h3-6,8,10,15H,7,9,11H2,1-2H3. The van der Waals surface area contributed by atoms with Crippen LogP contribution < -0.4 is 5.32 Å². The van der Waals surface area contributed by atoms with Gasteiger partial charge in [0.15, 0.2) is 9.84 Å². The summed E-state index contributed by atoms with van der Waals surface area (Å²) >= 11 is 0. The van der Waals surface area contributed by atoms with Crippen LogP contribution in [0.4, 0.5) is 0 Å². The largest absolute Gasteiger partial charge is 0.333 e. The van der Waals surface area contributed by atoms with Gasteiger partial charge >= 0.3 is 0 Å². The number of sulfone groups is 1. The Morgan fingerprint density at radius 2 is 1.95 bits per heavy atom. The lowest BCUT2D eigenvalue weighted by molar-refractivity contribution is 0.602. The highest BCUT2D eigenvalue weighted by Crippen LogP contribution is 2.13. The summed E-state index contributed by atoms with van der Waals surface area (Å²) < 4.78 is 24.9. The van der Waals surface area contributed by atoms with E-state index in [0.29, 0.717) is 11.3 Å². The fourth-order valence-electron chi connectivity index (χ4n) is 1.98. The monoisotopic (exact) mass is 293 g/mol. The van der Waals surface area contributed by atoms with Gasteiger partial charge in [-0.05, 0) is 24.7 Å². The molecule has 20 heavy (non-hydrogen) atoms. The highest BCUT2D eigenvalue weighted by molar-refractivity contribution is 7.90. The van der Waals surface area contributed by atoms with Crippen LogP contribution in [0.1, 0.15) is 11.4 Å². The zero-order valence-corrected chi connectivity index (χ0v) is 12.5. The lowest BCUT2D eigenvalue weighted by Crippen LogP contribution is -2.16. The van der Waals surface area contributed by atoms with Gasteiger partial charge in [0.2, 0.25) is 0 Å². The van der Waals surface area contributed by atoms with E-state index in [4.69, 9.17) is 0 Å². The van der Waals surface area contributed by atoms with Gasteiger partial charge in [-0.2, -0.15) is 0 Å². The molecule has 0 aliphatic rings. The summed E-state index contributed by atoms with van der Waals surface area (Å²) in [5, 5.41) is 3.11. The van der Waals surface area contributed by atoms with Crippen molar-refractivity contribution in [3.05, 3.63) is 48.0 Å². The molecule has 0 atom stereocenters. The lowest BCUT2D eigenvalue weighted by Gasteiger charge is -2.08. The zero-order chi connectivity index (χ0) is 14.6. The summed E-state index contributed by atoms with van der Waals surface area (Å²) in [5.41, 5.74) is 1.05. The number of rotatable bonds is 6. The van der Waals surface area contributed by atoms with Gasteiger partial charge in [0.05, 0.1) is 4.90 Å². The summed E-state index contributed by atoms with van der Waals surface area (Å²) in [7, 11) is -1.21. The Morgan fingerprint density at radius 1 is 1.25 bits per heavy atom. The molecule has 0 saturated carbocycles. The number of likely N-dealkylation sites (N-methyl/N-ethyl adjacent to an activating group) is 1. The van der Waals surface area contributed by atoms with Gasteiger partial charge in [-0.25, -0.2) is 13.4 Å². The predicted octanol–water partition coefficient (Wildman–Crippen LogP) is 1.10. The third-order valence-electron chi connectivity index (χ3n) is 3.12. The number of benzene rings is 1. The average molecular weight is 293 g/mol. The van der Waals surface area contributed by atoms with Crippen molar-refractivity contribution in [1.82, 2.24) is 14.9 Å². The lowest BCUT2D eigenvalue weighted by atomic mass is 10.1. The fraction of sp³-hybridized carbons (Fsp3) is 0.357. The van der Waals surface area contributed by atoms with Crippen LogP contribution in [0.5, 0.6) is 0 Å². The predicted molar refractivity (Wildman–Crippen MR) is 78.5 cm³/mol. The maximum absolute atomic E-state index is 11.4. The van der Waals surface area contributed by atoms with Gasteiger partial charge in [-0.1, -0.05) is 12.1 Å². The summed E-state index contributed by atoms with van der Waals surface area (Å²) in [5.74, 6) is 0.979. The molecule has 0 amide bonds. The SMILES string of the molecule is CNCCn1ccnc1Cc1ccc(S(C)(=O)=O)cc1. The number of nitrogens with zero attached hydrogens (tertiary/aromatic N) is 2. The number of hydrogen-bond donors (Lipinski definition) is 1. The molecule has 0 radical (unpaired) electrons. The minimum Gasteiger partial charge on any atom is -0.333 e. The summed E-state index contributed by atoms with van der Waals surface area (Å²) in [6, 6.07) is 6.97. The van der Waals surface area contributed by atoms with E-state index in [1.165, 1.54) is 6.26 Å². The van der Waals surface area contributed by atoms with Crippen molar-refractivity contribution in [3.8, 4) is 0 Å². The smallest absolute Gasteiger partial charge is 0.175 e. The van der Waals surface area contributed by atoms with E-state index in [0.717, 1.165) is 24.5 Å². The highest BCUT2D eigenvalue weighted by atomic mass is 32.2. The number of hydrogen-bond acceptors (Lipinski definition) is 4. The third kappa shape index (κ3) is 3.68. The van der Waals surface area contributed by atoms with Crippen LogP contribution >= 0.6 is 0 Å². The molecule has 1 N–H and O–H groups in total. The first-order valence-electron chi connectivity index (χ1n) is 6.44. The van der Waals surface area contributed by atoms with Crippen molar-refractivity contribution in [1.29, 1.82) is 0 Å². The van der Waals surface area contributed by atoms with E-state index in [2.05, 4.69) is 14.9 Å². The van der Waals surface area contributed by atoms with E-state index < -0.39 is 9.84 Å². The van der Waals surface area contributed by atoms with Crippen LogP contribution in [-0.2, 0) is 22.8 Å². The van der Waals surface area contributed by atoms with Gasteiger partial charge < -0.3 is 9.88 Å². The molecule has 0 aliphatic carbocycles. The molecular formula is C14H19N3O2S. The van der Waals surface area contributed by atoms with Crippen molar-refractivity contribution in [2.45, 2.75) is 17.9 Å². The van der Waals surface area contributed by atoms with Crippen molar-refractivity contribution in [2.75, 3.05) is 19.8 Å². The van der Waals surface area contributed by atoms with Gasteiger partial charge in [0.1, 0.15) is 5.82 Å². The molecule has 2 aromatic rings. The molecule has 1 heterocycles. The van der Waals surface area contributed by atoms with Crippen molar-refractivity contribution >= 4 is 9.84 Å². The van der Waals surface area contributed by atoms with Gasteiger partial charge in [-0.3, -0.25) is 0 Å². The summed E-state index contributed by atoms with van der Waals surface area (Å²) in [4.78, 5) is 4.70.